The third-order valence-electron chi connectivity index (χ3n) is 4.72. The van der Waals surface area contributed by atoms with Gasteiger partial charge in [-0.15, -0.1) is 0 Å². The molecule has 222 valence electrons. The summed E-state index contributed by atoms with van der Waals surface area (Å²) in [5.74, 6) is -10.7. The third kappa shape index (κ3) is 6.09. The number of nitro benzene ring substituents is 1. The second-order valence-corrected chi connectivity index (χ2v) is 11.8. The van der Waals surface area contributed by atoms with Crippen LogP contribution in [-0.2, 0) is 30.6 Å². The van der Waals surface area contributed by atoms with Crippen LogP contribution in [0.15, 0.2) is 46.2 Å². The zero-order valence-corrected chi connectivity index (χ0v) is 20.8. The zero-order chi connectivity index (χ0) is 31.3. The van der Waals surface area contributed by atoms with E-state index in [-0.39, 0.29) is 12.1 Å². The highest BCUT2D eigenvalue weighted by Gasteiger charge is 2.78. The van der Waals surface area contributed by atoms with Crippen molar-refractivity contribution >= 4 is 48.6 Å². The molecule has 0 spiro atoms. The molecule has 0 fully saturated rings. The van der Waals surface area contributed by atoms with E-state index in [1.807, 2.05) is 0 Å². The average molecular weight is 655 g/mol. The molecule has 0 saturated carbocycles. The SMILES string of the molecule is O=C(CS(=O)(=O)c1ccc(S(=O)(=O)C(F)(F)C(F)(F)C(F)(F)F)cc1[N+](=O)[O-])Nc1cc(C(F)(F)F)ccc1Cl. The van der Waals surface area contributed by atoms with Gasteiger partial charge in [0.25, 0.3) is 15.5 Å². The van der Waals surface area contributed by atoms with Gasteiger partial charge in [0.05, 0.1) is 26.1 Å². The summed E-state index contributed by atoms with van der Waals surface area (Å²) < 4.78 is 179. The zero-order valence-electron chi connectivity index (χ0n) is 18.5. The summed E-state index contributed by atoms with van der Waals surface area (Å²) in [6, 6.07) is 0.526. The lowest BCUT2D eigenvalue weighted by Crippen LogP contribution is -2.55. The molecule has 0 heterocycles. The number of hydrogen-bond acceptors (Lipinski definition) is 7. The molecule has 0 saturated heterocycles. The van der Waals surface area contributed by atoms with Gasteiger partial charge in [0.1, 0.15) is 10.6 Å². The highest BCUT2D eigenvalue weighted by Crippen LogP contribution is 2.51. The number of carbonyl (C=O) groups excluding carboxylic acids is 1. The van der Waals surface area contributed by atoms with Crippen LogP contribution < -0.4 is 5.32 Å². The number of nitrogens with one attached hydrogen (secondary N) is 1. The Kier molecular flexibility index (Phi) is 8.52. The highest BCUT2D eigenvalue weighted by molar-refractivity contribution is 7.93. The number of halogens is 11. The number of hydrogen-bond donors (Lipinski definition) is 1. The maximum absolute atomic E-state index is 13.9. The Hall–Kier alpha value is -3.20. The van der Waals surface area contributed by atoms with Crippen LogP contribution in [0.4, 0.5) is 55.3 Å². The summed E-state index contributed by atoms with van der Waals surface area (Å²) in [5, 5.41) is 5.55. The lowest BCUT2D eigenvalue weighted by molar-refractivity contribution is -0.388. The molecule has 1 N–H and O–H groups in total. The van der Waals surface area contributed by atoms with Crippen LogP contribution in [-0.4, -0.2) is 50.8 Å². The van der Waals surface area contributed by atoms with E-state index in [9.17, 15) is 75.6 Å². The number of nitrogens with zero attached hydrogens (tertiary/aromatic N) is 1. The standard InChI is InChI=1S/C18H9ClF10N2O7S2/c19-10-3-1-8(15(20,21)22)5-11(10)30-14(32)7-39(35,36)13-4-2-9(6-12(13)31(33)34)40(37,38)18(28,29)16(23,24)17(25,26)27/h1-6H,7H2,(H,30,32). The Morgan fingerprint density at radius 1 is 0.900 bits per heavy atom. The lowest BCUT2D eigenvalue weighted by atomic mass is 10.2. The highest BCUT2D eigenvalue weighted by atomic mass is 35.5. The van der Waals surface area contributed by atoms with Crippen LogP contribution in [0.3, 0.4) is 0 Å². The fourth-order valence-corrected chi connectivity index (χ4v) is 5.51. The predicted octanol–water partition coefficient (Wildman–Crippen LogP) is 5.24. The average Bonchev–Trinajstić information content (AvgIpc) is 2.77. The first-order valence-corrected chi connectivity index (χ1v) is 13.0. The molecule has 2 aromatic carbocycles. The van der Waals surface area contributed by atoms with Gasteiger partial charge in [-0.2, -0.15) is 43.9 Å². The quantitative estimate of drug-likeness (QED) is 0.233. The number of alkyl halides is 10. The minimum absolute atomic E-state index is 0.132. The van der Waals surface area contributed by atoms with Gasteiger partial charge < -0.3 is 5.32 Å². The molecular weight excluding hydrogens is 646 g/mol. The van der Waals surface area contributed by atoms with Gasteiger partial charge in [0.2, 0.25) is 5.91 Å². The van der Waals surface area contributed by atoms with E-state index in [1.54, 1.807) is 5.32 Å². The molecule has 40 heavy (non-hydrogen) atoms. The molecule has 0 radical (unpaired) electrons. The molecule has 2 rings (SSSR count). The fourth-order valence-electron chi connectivity index (χ4n) is 2.79. The Morgan fingerprint density at radius 2 is 1.45 bits per heavy atom. The molecule has 0 bridgehead atoms. The molecule has 9 nitrogen and oxygen atoms in total. The first kappa shape index (κ1) is 33.0. The van der Waals surface area contributed by atoms with Crippen LogP contribution >= 0.6 is 11.6 Å². The first-order valence-electron chi connectivity index (χ1n) is 9.52. The number of anilines is 1. The van der Waals surface area contributed by atoms with Gasteiger partial charge in [-0.3, -0.25) is 14.9 Å². The number of carbonyl (C=O) groups is 1. The van der Waals surface area contributed by atoms with Gasteiger partial charge in [0.15, 0.2) is 9.84 Å². The third-order valence-corrected chi connectivity index (χ3v) is 8.51. The fraction of sp³-hybridized carbons (Fsp3) is 0.278. The monoisotopic (exact) mass is 654 g/mol. The van der Waals surface area contributed by atoms with E-state index >= 15 is 0 Å². The molecule has 0 aliphatic rings. The van der Waals surface area contributed by atoms with Crippen molar-refractivity contribution in [3.05, 3.63) is 57.1 Å². The van der Waals surface area contributed by atoms with E-state index in [4.69, 9.17) is 11.6 Å². The number of sulfone groups is 2. The summed E-state index contributed by atoms with van der Waals surface area (Å²) in [6.07, 6.45) is -12.0. The van der Waals surface area contributed by atoms with Gasteiger partial charge in [0, 0.05) is 6.07 Å². The topological polar surface area (TPSA) is 141 Å². The molecule has 1 amide bonds. The van der Waals surface area contributed by atoms with Crippen LogP contribution in [0.5, 0.6) is 0 Å². The summed E-state index contributed by atoms with van der Waals surface area (Å²) in [4.78, 5) is 17.9. The Labute approximate surface area is 220 Å². The van der Waals surface area contributed by atoms with Crippen molar-refractivity contribution in [2.45, 2.75) is 33.3 Å². The first-order chi connectivity index (χ1) is 17.8. The van der Waals surface area contributed by atoms with Crippen molar-refractivity contribution in [3.63, 3.8) is 0 Å². The minimum atomic E-state index is -7.19. The molecule has 0 aromatic heterocycles. The van der Waals surface area contributed by atoms with Crippen LogP contribution in [0, 0.1) is 10.1 Å². The molecule has 0 aliphatic heterocycles. The summed E-state index contributed by atoms with van der Waals surface area (Å²) >= 11 is 5.64. The predicted molar refractivity (Wildman–Crippen MR) is 113 cm³/mol. The van der Waals surface area contributed by atoms with Crippen molar-refractivity contribution < 1.29 is 70.5 Å². The molecule has 0 unspecified atom stereocenters. The number of nitro groups is 1. The number of amides is 1. The van der Waals surface area contributed by atoms with E-state index in [1.165, 1.54) is 0 Å². The summed E-state index contributed by atoms with van der Waals surface area (Å²) in [7, 11) is -12.4. The van der Waals surface area contributed by atoms with Gasteiger partial charge in [-0.25, -0.2) is 16.8 Å². The second-order valence-electron chi connectivity index (χ2n) is 7.48. The molecule has 0 atom stereocenters. The Balaban J connectivity index is 2.51. The minimum Gasteiger partial charge on any atom is -0.324 e. The maximum atomic E-state index is 13.9. The van der Waals surface area contributed by atoms with Gasteiger partial charge >= 0.3 is 23.5 Å². The van der Waals surface area contributed by atoms with Crippen molar-refractivity contribution in [2.75, 3.05) is 11.1 Å². The maximum Gasteiger partial charge on any atom is 0.461 e. The molecule has 0 aliphatic carbocycles. The Morgan fingerprint density at radius 3 is 1.93 bits per heavy atom. The van der Waals surface area contributed by atoms with Crippen LogP contribution in [0.2, 0.25) is 5.02 Å². The van der Waals surface area contributed by atoms with Crippen molar-refractivity contribution in [1.29, 1.82) is 0 Å². The van der Waals surface area contributed by atoms with Gasteiger partial charge in [-0.05, 0) is 30.3 Å². The summed E-state index contributed by atoms with van der Waals surface area (Å²) in [6.45, 7) is 0. The Bertz CT molecular complexity index is 1570. The second kappa shape index (κ2) is 10.3. The molecule has 22 heteroatoms. The van der Waals surface area contributed by atoms with Crippen LogP contribution in [0.25, 0.3) is 0 Å². The summed E-state index contributed by atoms with van der Waals surface area (Å²) in [5.41, 5.74) is -4.03. The van der Waals surface area contributed by atoms with E-state index < -0.39 is 97.6 Å². The van der Waals surface area contributed by atoms with Crippen molar-refractivity contribution in [1.82, 2.24) is 0 Å². The molecular formula is C18H9ClF10N2O7S2. The van der Waals surface area contributed by atoms with Gasteiger partial charge in [-0.1, -0.05) is 11.6 Å². The molecule has 2 aromatic rings. The van der Waals surface area contributed by atoms with Crippen molar-refractivity contribution in [3.8, 4) is 0 Å². The smallest absolute Gasteiger partial charge is 0.324 e. The van der Waals surface area contributed by atoms with E-state index in [0.29, 0.717) is 18.2 Å². The van der Waals surface area contributed by atoms with Crippen molar-refractivity contribution in [2.24, 2.45) is 0 Å². The van der Waals surface area contributed by atoms with E-state index in [2.05, 4.69) is 0 Å². The lowest BCUT2D eigenvalue weighted by Gasteiger charge is -2.27. The van der Waals surface area contributed by atoms with Crippen LogP contribution in [0.1, 0.15) is 5.56 Å². The normalized spacial score (nSPS) is 13.7. The van der Waals surface area contributed by atoms with E-state index in [0.717, 1.165) is 0 Å². The number of benzene rings is 2. The largest absolute Gasteiger partial charge is 0.461 e. The number of rotatable bonds is 8.